The zero-order valence-corrected chi connectivity index (χ0v) is 10.9. The van der Waals surface area contributed by atoms with Gasteiger partial charge in [0.2, 0.25) is 0 Å². The maximum atomic E-state index is 9.13. The first-order valence-electron chi connectivity index (χ1n) is 6.23. The fourth-order valence-electron chi connectivity index (χ4n) is 1.40. The van der Waals surface area contributed by atoms with Crippen LogP contribution in [0.1, 0.15) is 0 Å². The van der Waals surface area contributed by atoms with Crippen molar-refractivity contribution in [1.29, 1.82) is 0 Å². The quantitative estimate of drug-likeness (QED) is 0.427. The summed E-state index contributed by atoms with van der Waals surface area (Å²) in [4.78, 5) is 0. The van der Waals surface area contributed by atoms with Crippen LogP contribution in [0.4, 0.5) is 0 Å². The molecule has 0 aliphatic carbocycles. The number of para-hydroxylation sites is 2. The molecule has 1 unspecified atom stereocenters. The monoisotopic (exact) mass is 267 g/mol. The summed E-state index contributed by atoms with van der Waals surface area (Å²) >= 11 is 0. The lowest BCUT2D eigenvalue weighted by molar-refractivity contribution is 0.0936. The molecular weight excluding hydrogens is 246 g/mol. The predicted octanol–water partition coefficient (Wildman–Crippen LogP) is 0.573. The number of aliphatic hydroxyl groups is 2. The highest BCUT2D eigenvalue weighted by Crippen LogP contribution is 2.26. The number of hydrogen-bond acceptors (Lipinski definition) is 5. The van der Waals surface area contributed by atoms with E-state index in [1.807, 2.05) is 24.3 Å². The summed E-state index contributed by atoms with van der Waals surface area (Å²) in [6.45, 7) is 5.15. The summed E-state index contributed by atoms with van der Waals surface area (Å²) in [6.07, 6.45) is 0.942. The van der Waals surface area contributed by atoms with Crippen LogP contribution in [0.15, 0.2) is 36.9 Å². The highest BCUT2D eigenvalue weighted by Gasteiger charge is 2.04. The fourth-order valence-corrected chi connectivity index (χ4v) is 1.40. The zero-order chi connectivity index (χ0) is 13.9. The molecule has 3 N–H and O–H groups in total. The molecule has 19 heavy (non-hydrogen) atoms. The summed E-state index contributed by atoms with van der Waals surface area (Å²) in [5.74, 6) is 1.35. The third-order valence-electron chi connectivity index (χ3n) is 2.33. The molecule has 0 aliphatic rings. The molecule has 0 spiro atoms. The maximum Gasteiger partial charge on any atom is 0.161 e. The summed E-state index contributed by atoms with van der Waals surface area (Å²) in [5, 5.41) is 20.8. The average Bonchev–Trinajstić information content (AvgIpc) is 2.45. The summed E-state index contributed by atoms with van der Waals surface area (Å²) in [7, 11) is 0. The minimum atomic E-state index is -0.733. The molecule has 1 rings (SSSR count). The van der Waals surface area contributed by atoms with E-state index in [-0.39, 0.29) is 6.61 Å². The molecule has 0 heterocycles. The van der Waals surface area contributed by atoms with Crippen molar-refractivity contribution >= 4 is 0 Å². The van der Waals surface area contributed by atoms with Crippen molar-refractivity contribution in [2.24, 2.45) is 0 Å². The van der Waals surface area contributed by atoms with E-state index in [9.17, 15) is 0 Å². The van der Waals surface area contributed by atoms with Gasteiger partial charge in [-0.1, -0.05) is 24.8 Å². The van der Waals surface area contributed by atoms with Crippen LogP contribution in [0.5, 0.6) is 11.5 Å². The Hall–Kier alpha value is -1.56. The molecule has 5 nitrogen and oxygen atoms in total. The van der Waals surface area contributed by atoms with Crippen LogP contribution in [-0.4, -0.2) is 49.2 Å². The van der Waals surface area contributed by atoms with Crippen LogP contribution in [0, 0.1) is 0 Å². The second-order valence-electron chi connectivity index (χ2n) is 3.94. The second kappa shape index (κ2) is 9.38. The molecule has 0 aromatic heterocycles. The molecular formula is C14H21NO4. The lowest BCUT2D eigenvalue weighted by Gasteiger charge is -2.12. The molecule has 1 atom stereocenters. The van der Waals surface area contributed by atoms with E-state index in [1.165, 1.54) is 0 Å². The van der Waals surface area contributed by atoms with Crippen LogP contribution in [0.25, 0.3) is 0 Å². The lowest BCUT2D eigenvalue weighted by Crippen LogP contribution is -2.32. The average molecular weight is 267 g/mol. The minimum absolute atomic E-state index is 0.244. The van der Waals surface area contributed by atoms with Crippen LogP contribution >= 0.6 is 0 Å². The van der Waals surface area contributed by atoms with Crippen molar-refractivity contribution in [3.63, 3.8) is 0 Å². The lowest BCUT2D eigenvalue weighted by atomic mass is 10.3. The van der Waals surface area contributed by atoms with Crippen LogP contribution in [0.3, 0.4) is 0 Å². The topological polar surface area (TPSA) is 71.0 Å². The summed E-state index contributed by atoms with van der Waals surface area (Å²) in [6, 6.07) is 7.42. The van der Waals surface area contributed by atoms with E-state index in [1.54, 1.807) is 6.08 Å². The van der Waals surface area contributed by atoms with Crippen molar-refractivity contribution in [2.45, 2.75) is 6.10 Å². The van der Waals surface area contributed by atoms with E-state index in [0.29, 0.717) is 37.8 Å². The molecule has 1 aromatic rings. The third-order valence-corrected chi connectivity index (χ3v) is 2.33. The normalized spacial score (nSPS) is 11.9. The highest BCUT2D eigenvalue weighted by molar-refractivity contribution is 5.39. The van der Waals surface area contributed by atoms with Gasteiger partial charge in [0, 0.05) is 13.1 Å². The molecule has 0 fully saturated rings. The molecule has 0 radical (unpaired) electrons. The number of aliphatic hydroxyl groups excluding tert-OH is 2. The standard InChI is InChI=1S/C14H21NO4/c1-2-8-18-13-5-3-4-6-14(13)19-9-7-15-10-12(17)11-16/h2-6,12,15-17H,1,7-11H2. The van der Waals surface area contributed by atoms with Gasteiger partial charge in [-0.25, -0.2) is 0 Å². The predicted molar refractivity (Wildman–Crippen MR) is 73.6 cm³/mol. The molecule has 106 valence electrons. The van der Waals surface area contributed by atoms with Crippen LogP contribution < -0.4 is 14.8 Å². The van der Waals surface area contributed by atoms with E-state index in [2.05, 4.69) is 11.9 Å². The molecule has 5 heteroatoms. The molecule has 0 saturated carbocycles. The van der Waals surface area contributed by atoms with Gasteiger partial charge in [0.15, 0.2) is 11.5 Å². The largest absolute Gasteiger partial charge is 0.488 e. The van der Waals surface area contributed by atoms with Crippen molar-refractivity contribution in [3.05, 3.63) is 36.9 Å². The van der Waals surface area contributed by atoms with Gasteiger partial charge < -0.3 is 25.0 Å². The van der Waals surface area contributed by atoms with Gasteiger partial charge in [-0.2, -0.15) is 0 Å². The van der Waals surface area contributed by atoms with Crippen LogP contribution in [0.2, 0.25) is 0 Å². The van der Waals surface area contributed by atoms with Crippen molar-refractivity contribution in [1.82, 2.24) is 5.32 Å². The van der Waals surface area contributed by atoms with Gasteiger partial charge in [0.05, 0.1) is 12.7 Å². The van der Waals surface area contributed by atoms with E-state index < -0.39 is 6.10 Å². The number of hydrogen-bond donors (Lipinski definition) is 3. The summed E-state index contributed by atoms with van der Waals surface area (Å²) in [5.41, 5.74) is 0. The Morgan fingerprint density at radius 3 is 2.58 bits per heavy atom. The first-order valence-corrected chi connectivity index (χ1v) is 6.23. The molecule has 0 saturated heterocycles. The van der Waals surface area contributed by atoms with E-state index in [4.69, 9.17) is 19.7 Å². The Kier molecular flexibility index (Phi) is 7.65. The molecule has 1 aromatic carbocycles. The number of nitrogens with one attached hydrogen (secondary N) is 1. The summed E-state index contributed by atoms with van der Waals surface area (Å²) < 4.78 is 11.0. The van der Waals surface area contributed by atoms with Crippen LogP contribution in [-0.2, 0) is 0 Å². The highest BCUT2D eigenvalue weighted by atomic mass is 16.5. The molecule has 0 aliphatic heterocycles. The smallest absolute Gasteiger partial charge is 0.161 e. The number of benzene rings is 1. The van der Waals surface area contributed by atoms with Gasteiger partial charge in [-0.3, -0.25) is 0 Å². The second-order valence-corrected chi connectivity index (χ2v) is 3.94. The Balaban J connectivity index is 2.30. The van der Waals surface area contributed by atoms with E-state index >= 15 is 0 Å². The zero-order valence-electron chi connectivity index (χ0n) is 10.9. The Bertz CT molecular complexity index is 370. The first-order chi connectivity index (χ1) is 9.27. The fraction of sp³-hybridized carbons (Fsp3) is 0.429. The van der Waals surface area contributed by atoms with Crippen molar-refractivity contribution in [2.75, 3.05) is 32.9 Å². The van der Waals surface area contributed by atoms with Crippen molar-refractivity contribution in [3.8, 4) is 11.5 Å². The Morgan fingerprint density at radius 2 is 1.95 bits per heavy atom. The van der Waals surface area contributed by atoms with Gasteiger partial charge in [0.1, 0.15) is 13.2 Å². The SMILES string of the molecule is C=CCOc1ccccc1OCCNCC(O)CO. The van der Waals surface area contributed by atoms with Gasteiger partial charge in [-0.15, -0.1) is 0 Å². The number of ether oxygens (including phenoxy) is 2. The Morgan fingerprint density at radius 1 is 1.26 bits per heavy atom. The van der Waals surface area contributed by atoms with Gasteiger partial charge in [0.25, 0.3) is 0 Å². The number of rotatable bonds is 10. The molecule has 0 bridgehead atoms. The molecule has 0 amide bonds. The van der Waals surface area contributed by atoms with Crippen molar-refractivity contribution < 1.29 is 19.7 Å². The Labute approximate surface area is 113 Å². The van der Waals surface area contributed by atoms with E-state index in [0.717, 1.165) is 0 Å². The first kappa shape index (κ1) is 15.5. The van der Waals surface area contributed by atoms with Gasteiger partial charge >= 0.3 is 0 Å². The maximum absolute atomic E-state index is 9.13. The minimum Gasteiger partial charge on any atom is -0.488 e. The van der Waals surface area contributed by atoms with Gasteiger partial charge in [-0.05, 0) is 12.1 Å². The third kappa shape index (κ3) is 6.24.